The monoisotopic (exact) mass is 259 g/mol. The molecule has 0 heterocycles. The largest absolute Gasteiger partial charge is 0.496 e. The van der Waals surface area contributed by atoms with Gasteiger partial charge in [0, 0.05) is 5.54 Å². The summed E-state index contributed by atoms with van der Waals surface area (Å²) in [4.78, 5) is 0. The van der Waals surface area contributed by atoms with Gasteiger partial charge >= 0.3 is 0 Å². The standard InChI is InChI=1S/C17H25NO/c1-12-3-5-13(6-4-12)15-11-14(17(18)9-10-17)7-8-16(15)19-2/h7-8,11-13H,3-6,9-10,18H2,1-2H3. The van der Waals surface area contributed by atoms with E-state index in [9.17, 15) is 0 Å². The topological polar surface area (TPSA) is 35.2 Å². The van der Waals surface area contributed by atoms with Gasteiger partial charge in [0.1, 0.15) is 5.75 Å². The summed E-state index contributed by atoms with van der Waals surface area (Å²) in [5.74, 6) is 2.59. The summed E-state index contributed by atoms with van der Waals surface area (Å²) in [5.41, 5.74) is 9.00. The Balaban J connectivity index is 1.89. The molecule has 19 heavy (non-hydrogen) atoms. The number of benzene rings is 1. The van der Waals surface area contributed by atoms with Crippen molar-refractivity contribution in [3.05, 3.63) is 29.3 Å². The van der Waals surface area contributed by atoms with Gasteiger partial charge in [-0.3, -0.25) is 0 Å². The van der Waals surface area contributed by atoms with Crippen LogP contribution in [0.25, 0.3) is 0 Å². The van der Waals surface area contributed by atoms with Crippen LogP contribution >= 0.6 is 0 Å². The fourth-order valence-corrected chi connectivity index (χ4v) is 3.36. The molecule has 3 rings (SSSR count). The molecule has 0 aromatic heterocycles. The maximum atomic E-state index is 6.34. The number of rotatable bonds is 3. The summed E-state index contributed by atoms with van der Waals surface area (Å²) < 4.78 is 5.57. The van der Waals surface area contributed by atoms with Crippen molar-refractivity contribution in [3.8, 4) is 5.75 Å². The van der Waals surface area contributed by atoms with Crippen molar-refractivity contribution in [3.63, 3.8) is 0 Å². The Kier molecular flexibility index (Phi) is 3.30. The summed E-state index contributed by atoms with van der Waals surface area (Å²) in [6.45, 7) is 2.36. The van der Waals surface area contributed by atoms with Crippen LogP contribution in [0, 0.1) is 5.92 Å². The molecular weight excluding hydrogens is 234 g/mol. The van der Waals surface area contributed by atoms with Crippen LogP contribution in [0.2, 0.25) is 0 Å². The zero-order valence-corrected chi connectivity index (χ0v) is 12.1. The van der Waals surface area contributed by atoms with Gasteiger partial charge in [0.05, 0.1) is 7.11 Å². The molecule has 0 radical (unpaired) electrons. The van der Waals surface area contributed by atoms with Crippen molar-refractivity contribution in [1.29, 1.82) is 0 Å². The van der Waals surface area contributed by atoms with Gasteiger partial charge in [0.25, 0.3) is 0 Å². The first-order valence-electron chi connectivity index (χ1n) is 7.60. The maximum Gasteiger partial charge on any atom is 0.122 e. The molecule has 2 N–H and O–H groups in total. The molecule has 0 bridgehead atoms. The molecule has 0 unspecified atom stereocenters. The molecule has 104 valence electrons. The van der Waals surface area contributed by atoms with Gasteiger partial charge in [-0.05, 0) is 60.8 Å². The molecule has 2 aliphatic rings. The van der Waals surface area contributed by atoms with Crippen LogP contribution in [0.3, 0.4) is 0 Å². The Morgan fingerprint density at radius 2 is 1.84 bits per heavy atom. The molecule has 2 nitrogen and oxygen atoms in total. The smallest absolute Gasteiger partial charge is 0.122 e. The van der Waals surface area contributed by atoms with E-state index >= 15 is 0 Å². The molecule has 1 aromatic rings. The van der Waals surface area contributed by atoms with Gasteiger partial charge in [0.15, 0.2) is 0 Å². The maximum absolute atomic E-state index is 6.34. The van der Waals surface area contributed by atoms with Gasteiger partial charge in [-0.1, -0.05) is 25.8 Å². The van der Waals surface area contributed by atoms with Crippen molar-refractivity contribution < 1.29 is 4.74 Å². The number of nitrogens with two attached hydrogens (primary N) is 1. The van der Waals surface area contributed by atoms with Crippen molar-refractivity contribution in [1.82, 2.24) is 0 Å². The minimum atomic E-state index is -0.0387. The van der Waals surface area contributed by atoms with Crippen molar-refractivity contribution in [2.24, 2.45) is 11.7 Å². The van der Waals surface area contributed by atoms with E-state index in [4.69, 9.17) is 10.5 Å². The first-order chi connectivity index (χ1) is 9.12. The average Bonchev–Trinajstić information content (AvgIpc) is 3.18. The lowest BCUT2D eigenvalue weighted by Gasteiger charge is -2.28. The van der Waals surface area contributed by atoms with E-state index in [1.54, 1.807) is 7.11 Å². The third kappa shape index (κ3) is 2.51. The van der Waals surface area contributed by atoms with Crippen LogP contribution in [-0.2, 0) is 5.54 Å². The SMILES string of the molecule is COc1ccc(C2(N)CC2)cc1C1CCC(C)CC1. The predicted octanol–water partition coefficient (Wildman–Crippen LogP) is 3.94. The summed E-state index contributed by atoms with van der Waals surface area (Å²) >= 11 is 0. The lowest BCUT2D eigenvalue weighted by Crippen LogP contribution is -2.19. The van der Waals surface area contributed by atoms with Crippen LogP contribution < -0.4 is 10.5 Å². The fourth-order valence-electron chi connectivity index (χ4n) is 3.36. The Morgan fingerprint density at radius 1 is 1.16 bits per heavy atom. The van der Waals surface area contributed by atoms with Gasteiger partial charge in [-0.15, -0.1) is 0 Å². The Labute approximate surface area is 116 Å². The highest BCUT2D eigenvalue weighted by atomic mass is 16.5. The first-order valence-corrected chi connectivity index (χ1v) is 7.60. The molecule has 2 heteroatoms. The average molecular weight is 259 g/mol. The van der Waals surface area contributed by atoms with E-state index in [0.717, 1.165) is 24.5 Å². The van der Waals surface area contributed by atoms with E-state index in [0.29, 0.717) is 5.92 Å². The number of methoxy groups -OCH3 is 1. The van der Waals surface area contributed by atoms with E-state index in [1.165, 1.54) is 36.8 Å². The zero-order chi connectivity index (χ0) is 13.5. The van der Waals surface area contributed by atoms with Crippen LogP contribution in [0.5, 0.6) is 5.75 Å². The Morgan fingerprint density at radius 3 is 2.42 bits per heavy atom. The van der Waals surface area contributed by atoms with Gasteiger partial charge < -0.3 is 10.5 Å². The third-order valence-corrected chi connectivity index (χ3v) is 5.05. The lowest BCUT2D eigenvalue weighted by molar-refractivity contribution is 0.336. The van der Waals surface area contributed by atoms with Crippen LogP contribution in [-0.4, -0.2) is 7.11 Å². The fraction of sp³-hybridized carbons (Fsp3) is 0.647. The van der Waals surface area contributed by atoms with Gasteiger partial charge in [-0.2, -0.15) is 0 Å². The summed E-state index contributed by atoms with van der Waals surface area (Å²) in [5, 5.41) is 0. The summed E-state index contributed by atoms with van der Waals surface area (Å²) in [6.07, 6.45) is 7.51. The molecule has 0 spiro atoms. The molecule has 0 atom stereocenters. The van der Waals surface area contributed by atoms with Crippen molar-refractivity contribution in [2.75, 3.05) is 7.11 Å². The molecule has 2 aliphatic carbocycles. The zero-order valence-electron chi connectivity index (χ0n) is 12.1. The molecule has 2 fully saturated rings. The van der Waals surface area contributed by atoms with Crippen molar-refractivity contribution in [2.45, 2.75) is 56.9 Å². The van der Waals surface area contributed by atoms with Gasteiger partial charge in [0.2, 0.25) is 0 Å². The molecule has 0 aliphatic heterocycles. The van der Waals surface area contributed by atoms with E-state index in [1.807, 2.05) is 0 Å². The highest BCUT2D eigenvalue weighted by Gasteiger charge is 2.40. The third-order valence-electron chi connectivity index (χ3n) is 5.05. The number of hydrogen-bond acceptors (Lipinski definition) is 2. The normalized spacial score (nSPS) is 29.0. The number of hydrogen-bond donors (Lipinski definition) is 1. The van der Waals surface area contributed by atoms with E-state index in [-0.39, 0.29) is 5.54 Å². The van der Waals surface area contributed by atoms with E-state index < -0.39 is 0 Å². The highest BCUT2D eigenvalue weighted by molar-refractivity contribution is 5.43. The second kappa shape index (κ2) is 4.82. The molecule has 0 amide bonds. The second-order valence-corrected chi connectivity index (χ2v) is 6.57. The quantitative estimate of drug-likeness (QED) is 0.892. The van der Waals surface area contributed by atoms with Crippen LogP contribution in [0.15, 0.2) is 18.2 Å². The molecule has 0 saturated heterocycles. The van der Waals surface area contributed by atoms with Crippen LogP contribution in [0.1, 0.15) is 62.5 Å². The molecule has 2 saturated carbocycles. The Bertz CT molecular complexity index is 456. The van der Waals surface area contributed by atoms with Crippen molar-refractivity contribution >= 4 is 0 Å². The predicted molar refractivity (Wildman–Crippen MR) is 78.5 cm³/mol. The molecular formula is C17H25NO. The minimum absolute atomic E-state index is 0.0387. The molecule has 1 aromatic carbocycles. The lowest BCUT2D eigenvalue weighted by atomic mass is 9.78. The summed E-state index contributed by atoms with van der Waals surface area (Å²) in [7, 11) is 1.78. The number of ether oxygens (including phenoxy) is 1. The van der Waals surface area contributed by atoms with E-state index in [2.05, 4.69) is 25.1 Å². The van der Waals surface area contributed by atoms with Crippen LogP contribution in [0.4, 0.5) is 0 Å². The Hall–Kier alpha value is -1.02. The summed E-state index contributed by atoms with van der Waals surface area (Å²) in [6, 6.07) is 6.60. The first kappa shape index (κ1) is 13.0. The minimum Gasteiger partial charge on any atom is -0.496 e. The highest BCUT2D eigenvalue weighted by Crippen LogP contribution is 2.46. The second-order valence-electron chi connectivity index (χ2n) is 6.57. The van der Waals surface area contributed by atoms with Gasteiger partial charge in [-0.25, -0.2) is 0 Å².